The van der Waals surface area contributed by atoms with Gasteiger partial charge in [0.1, 0.15) is 5.75 Å². The summed E-state index contributed by atoms with van der Waals surface area (Å²) in [6.07, 6.45) is 0. The molecule has 0 saturated heterocycles. The number of aromatic hydroxyl groups is 1. The summed E-state index contributed by atoms with van der Waals surface area (Å²) in [5.74, 6) is 0.233. The van der Waals surface area contributed by atoms with Crippen LogP contribution in [0.3, 0.4) is 0 Å². The molecule has 0 fully saturated rings. The van der Waals surface area contributed by atoms with Crippen LogP contribution in [0.25, 0.3) is 0 Å². The fraction of sp³-hybridized carbons (Fsp3) is 0.500. The Morgan fingerprint density at radius 2 is 1.87 bits per heavy atom. The predicted molar refractivity (Wildman–Crippen MR) is 65.4 cm³/mol. The number of rotatable bonds is 2. The Morgan fingerprint density at radius 1 is 1.33 bits per heavy atom. The Labute approximate surface area is 99.1 Å². The molecular formula is C12H17BrO2. The van der Waals surface area contributed by atoms with Crippen LogP contribution < -0.4 is 0 Å². The highest BCUT2D eigenvalue weighted by atomic mass is 79.9. The first-order valence-corrected chi connectivity index (χ1v) is 5.70. The summed E-state index contributed by atoms with van der Waals surface area (Å²) in [5, 5.41) is 19.4. The molecule has 1 aromatic rings. The third-order valence-electron chi connectivity index (χ3n) is 2.84. The highest BCUT2D eigenvalue weighted by molar-refractivity contribution is 9.10. The quantitative estimate of drug-likeness (QED) is 0.869. The Balaban J connectivity index is 3.53. The second kappa shape index (κ2) is 4.14. The summed E-state index contributed by atoms with van der Waals surface area (Å²) in [6, 6.07) is 1.89. The molecule has 0 aliphatic heterocycles. The van der Waals surface area contributed by atoms with Crippen molar-refractivity contribution >= 4 is 15.9 Å². The second-order valence-electron chi connectivity index (χ2n) is 4.57. The van der Waals surface area contributed by atoms with Crippen molar-refractivity contribution in [2.45, 2.75) is 33.1 Å². The summed E-state index contributed by atoms with van der Waals surface area (Å²) in [7, 11) is 0. The maximum atomic E-state index is 10.0. The minimum atomic E-state index is -0.428. The first kappa shape index (κ1) is 12.5. The summed E-state index contributed by atoms with van der Waals surface area (Å²) in [6.45, 7) is 7.81. The molecule has 0 amide bonds. The van der Waals surface area contributed by atoms with Gasteiger partial charge in [0.05, 0.1) is 11.1 Å². The third-order valence-corrected chi connectivity index (χ3v) is 3.45. The summed E-state index contributed by atoms with van der Waals surface area (Å²) >= 11 is 3.32. The Kier molecular flexibility index (Phi) is 3.46. The lowest BCUT2D eigenvalue weighted by atomic mass is 9.81. The molecule has 0 atom stereocenters. The van der Waals surface area contributed by atoms with Crippen LogP contribution in [-0.2, 0) is 5.41 Å². The molecular weight excluding hydrogens is 256 g/mol. The molecule has 2 nitrogen and oxygen atoms in total. The van der Waals surface area contributed by atoms with Crippen molar-refractivity contribution in [1.29, 1.82) is 0 Å². The zero-order valence-electron chi connectivity index (χ0n) is 9.56. The number of hydrogen-bond acceptors (Lipinski definition) is 2. The standard InChI is InChI=1S/C12H17BrO2/c1-7-5-9(13)11(15)10(8(7)2)12(3,4)6-14/h5,14-15H,6H2,1-4H3. The maximum Gasteiger partial charge on any atom is 0.133 e. The van der Waals surface area contributed by atoms with E-state index >= 15 is 0 Å². The highest BCUT2D eigenvalue weighted by Crippen LogP contribution is 2.39. The van der Waals surface area contributed by atoms with Gasteiger partial charge in [0.15, 0.2) is 0 Å². The van der Waals surface area contributed by atoms with Crippen LogP contribution in [0, 0.1) is 13.8 Å². The number of benzene rings is 1. The minimum absolute atomic E-state index is 0.0112. The average molecular weight is 273 g/mol. The summed E-state index contributed by atoms with van der Waals surface area (Å²) in [5.41, 5.74) is 2.53. The molecule has 0 spiro atoms. The molecule has 0 bridgehead atoms. The van der Waals surface area contributed by atoms with E-state index in [-0.39, 0.29) is 12.4 Å². The van der Waals surface area contributed by atoms with Gasteiger partial charge in [-0.2, -0.15) is 0 Å². The van der Waals surface area contributed by atoms with E-state index in [1.165, 1.54) is 0 Å². The summed E-state index contributed by atoms with van der Waals surface area (Å²) in [4.78, 5) is 0. The van der Waals surface area contributed by atoms with Crippen molar-refractivity contribution in [3.8, 4) is 5.75 Å². The highest BCUT2D eigenvalue weighted by Gasteiger charge is 2.27. The largest absolute Gasteiger partial charge is 0.506 e. The van der Waals surface area contributed by atoms with Gasteiger partial charge < -0.3 is 10.2 Å². The molecule has 3 heteroatoms. The van der Waals surface area contributed by atoms with Gasteiger partial charge in [-0.3, -0.25) is 0 Å². The van der Waals surface area contributed by atoms with E-state index in [1.807, 2.05) is 33.8 Å². The fourth-order valence-corrected chi connectivity index (χ4v) is 2.31. The van der Waals surface area contributed by atoms with E-state index in [2.05, 4.69) is 15.9 Å². The van der Waals surface area contributed by atoms with Gasteiger partial charge in [-0.1, -0.05) is 13.8 Å². The first-order chi connectivity index (χ1) is 6.81. The summed E-state index contributed by atoms with van der Waals surface area (Å²) < 4.78 is 0.683. The molecule has 0 radical (unpaired) electrons. The Morgan fingerprint density at radius 3 is 2.33 bits per heavy atom. The molecule has 0 heterocycles. The van der Waals surface area contributed by atoms with E-state index < -0.39 is 5.41 Å². The van der Waals surface area contributed by atoms with Crippen LogP contribution in [0.2, 0.25) is 0 Å². The van der Waals surface area contributed by atoms with Crippen LogP contribution in [-0.4, -0.2) is 16.8 Å². The van der Waals surface area contributed by atoms with E-state index in [4.69, 9.17) is 0 Å². The monoisotopic (exact) mass is 272 g/mol. The van der Waals surface area contributed by atoms with Crippen LogP contribution in [0.5, 0.6) is 5.75 Å². The smallest absolute Gasteiger partial charge is 0.133 e. The average Bonchev–Trinajstić information content (AvgIpc) is 2.15. The van der Waals surface area contributed by atoms with E-state index in [1.54, 1.807) is 0 Å². The number of aliphatic hydroxyl groups excluding tert-OH is 1. The maximum absolute atomic E-state index is 10.0. The van der Waals surface area contributed by atoms with Gasteiger partial charge >= 0.3 is 0 Å². The van der Waals surface area contributed by atoms with Crippen molar-refractivity contribution < 1.29 is 10.2 Å². The van der Waals surface area contributed by atoms with Crippen molar-refractivity contribution in [1.82, 2.24) is 0 Å². The molecule has 0 unspecified atom stereocenters. The zero-order valence-corrected chi connectivity index (χ0v) is 11.1. The molecule has 15 heavy (non-hydrogen) atoms. The lowest BCUT2D eigenvalue weighted by Gasteiger charge is -2.27. The van der Waals surface area contributed by atoms with E-state index in [0.29, 0.717) is 4.47 Å². The minimum Gasteiger partial charge on any atom is -0.506 e. The number of hydrogen-bond donors (Lipinski definition) is 2. The molecule has 1 rings (SSSR count). The van der Waals surface area contributed by atoms with E-state index in [0.717, 1.165) is 16.7 Å². The normalized spacial score (nSPS) is 11.9. The van der Waals surface area contributed by atoms with Crippen molar-refractivity contribution in [3.63, 3.8) is 0 Å². The van der Waals surface area contributed by atoms with Gasteiger partial charge in [-0.25, -0.2) is 0 Å². The van der Waals surface area contributed by atoms with Crippen LogP contribution in [0.15, 0.2) is 10.5 Å². The zero-order chi connectivity index (χ0) is 11.8. The Hall–Kier alpha value is -0.540. The predicted octanol–water partition coefficient (Wildman–Crippen LogP) is 3.04. The Bertz CT molecular complexity index is 357. The molecule has 0 aliphatic rings. The van der Waals surface area contributed by atoms with Crippen molar-refractivity contribution in [2.75, 3.05) is 6.61 Å². The number of halogens is 1. The topological polar surface area (TPSA) is 40.5 Å². The third kappa shape index (κ3) is 2.18. The second-order valence-corrected chi connectivity index (χ2v) is 5.42. The van der Waals surface area contributed by atoms with Gasteiger partial charge in [0.2, 0.25) is 0 Å². The lowest BCUT2D eigenvalue weighted by Crippen LogP contribution is -2.24. The number of phenols is 1. The number of aryl methyl sites for hydroxylation is 1. The molecule has 1 aromatic carbocycles. The molecule has 0 saturated carbocycles. The molecule has 2 N–H and O–H groups in total. The van der Waals surface area contributed by atoms with Gasteiger partial charge in [-0.05, 0) is 47.0 Å². The van der Waals surface area contributed by atoms with Gasteiger partial charge in [0, 0.05) is 11.0 Å². The SMILES string of the molecule is Cc1cc(Br)c(O)c(C(C)(C)CO)c1C. The molecule has 0 aromatic heterocycles. The fourth-order valence-electron chi connectivity index (χ4n) is 1.77. The molecule has 0 aliphatic carbocycles. The van der Waals surface area contributed by atoms with Crippen LogP contribution in [0.4, 0.5) is 0 Å². The van der Waals surface area contributed by atoms with Crippen LogP contribution in [0.1, 0.15) is 30.5 Å². The van der Waals surface area contributed by atoms with Crippen molar-refractivity contribution in [3.05, 3.63) is 27.2 Å². The van der Waals surface area contributed by atoms with Crippen molar-refractivity contribution in [2.24, 2.45) is 0 Å². The van der Waals surface area contributed by atoms with E-state index in [9.17, 15) is 10.2 Å². The number of aliphatic hydroxyl groups is 1. The van der Waals surface area contributed by atoms with Crippen LogP contribution >= 0.6 is 15.9 Å². The lowest BCUT2D eigenvalue weighted by molar-refractivity contribution is 0.214. The number of phenolic OH excluding ortho intramolecular Hbond substituents is 1. The molecule has 84 valence electrons. The van der Waals surface area contributed by atoms with Gasteiger partial charge in [0.25, 0.3) is 0 Å². The first-order valence-electron chi connectivity index (χ1n) is 4.91. The van der Waals surface area contributed by atoms with Gasteiger partial charge in [-0.15, -0.1) is 0 Å².